The second-order valence-electron chi connectivity index (χ2n) is 4.99. The van der Waals surface area contributed by atoms with Crippen LogP contribution in [0, 0.1) is 12.8 Å². The Morgan fingerprint density at radius 3 is 2.45 bits per heavy atom. The van der Waals surface area contributed by atoms with Gasteiger partial charge in [0.15, 0.2) is 5.96 Å². The van der Waals surface area contributed by atoms with Gasteiger partial charge < -0.3 is 15.4 Å². The predicted molar refractivity (Wildman–Crippen MR) is 101 cm³/mol. The number of esters is 1. The van der Waals surface area contributed by atoms with E-state index in [1.54, 1.807) is 0 Å². The smallest absolute Gasteiger partial charge is 0.310 e. The van der Waals surface area contributed by atoms with Crippen molar-refractivity contribution >= 4 is 35.9 Å². The number of ether oxygens (including phenoxy) is 1. The number of carbonyl (C=O) groups excluding carboxylic acids is 1. The van der Waals surface area contributed by atoms with Gasteiger partial charge in [-0.25, -0.2) is 4.99 Å². The molecule has 0 saturated heterocycles. The summed E-state index contributed by atoms with van der Waals surface area (Å²) in [6.07, 6.45) is 0. The average Bonchev–Trinajstić information content (AvgIpc) is 2.50. The monoisotopic (exact) mass is 419 g/mol. The highest BCUT2D eigenvalue weighted by Gasteiger charge is 2.13. The van der Waals surface area contributed by atoms with Crippen molar-refractivity contribution < 1.29 is 9.53 Å². The van der Waals surface area contributed by atoms with Gasteiger partial charge in [-0.1, -0.05) is 36.8 Å². The van der Waals surface area contributed by atoms with Crippen LogP contribution in [0.15, 0.2) is 29.3 Å². The topological polar surface area (TPSA) is 62.7 Å². The molecule has 0 aliphatic heterocycles. The number of hydrogen-bond donors (Lipinski definition) is 2. The van der Waals surface area contributed by atoms with Crippen LogP contribution in [-0.4, -0.2) is 32.1 Å². The molecule has 1 aromatic rings. The Labute approximate surface area is 149 Å². The molecule has 0 aliphatic rings. The van der Waals surface area contributed by atoms with E-state index in [4.69, 9.17) is 4.74 Å². The molecule has 5 nitrogen and oxygen atoms in total. The van der Waals surface area contributed by atoms with E-state index < -0.39 is 0 Å². The third-order valence-electron chi connectivity index (χ3n) is 3.06. The molecule has 0 bridgehead atoms. The summed E-state index contributed by atoms with van der Waals surface area (Å²) in [5.41, 5.74) is 2.39. The van der Waals surface area contributed by atoms with Gasteiger partial charge in [0, 0.05) is 13.1 Å². The van der Waals surface area contributed by atoms with Gasteiger partial charge in [0.1, 0.15) is 0 Å². The highest BCUT2D eigenvalue weighted by Crippen LogP contribution is 2.04. The summed E-state index contributed by atoms with van der Waals surface area (Å²) in [5, 5.41) is 6.32. The first kappa shape index (κ1) is 20.7. The predicted octanol–water partition coefficient (Wildman–Crippen LogP) is 2.48. The van der Waals surface area contributed by atoms with Gasteiger partial charge in [-0.15, -0.1) is 24.0 Å². The van der Waals surface area contributed by atoms with E-state index >= 15 is 0 Å². The molecule has 0 saturated carbocycles. The van der Waals surface area contributed by atoms with Crippen molar-refractivity contribution in [3.05, 3.63) is 35.4 Å². The lowest BCUT2D eigenvalue weighted by atomic mass is 10.1. The van der Waals surface area contributed by atoms with Crippen LogP contribution >= 0.6 is 24.0 Å². The van der Waals surface area contributed by atoms with E-state index in [9.17, 15) is 4.79 Å². The van der Waals surface area contributed by atoms with Gasteiger partial charge in [-0.05, 0) is 19.4 Å². The van der Waals surface area contributed by atoms with Gasteiger partial charge >= 0.3 is 5.97 Å². The molecule has 0 aromatic heterocycles. The van der Waals surface area contributed by atoms with Crippen LogP contribution in [0.4, 0.5) is 0 Å². The summed E-state index contributed by atoms with van der Waals surface area (Å²) in [6.45, 7) is 7.75. The van der Waals surface area contributed by atoms with Crippen LogP contribution in [0.25, 0.3) is 0 Å². The summed E-state index contributed by atoms with van der Waals surface area (Å²) in [5.74, 6) is 0.268. The van der Waals surface area contributed by atoms with E-state index in [1.165, 1.54) is 12.7 Å². The van der Waals surface area contributed by atoms with Crippen LogP contribution in [0.5, 0.6) is 0 Å². The largest absolute Gasteiger partial charge is 0.469 e. The van der Waals surface area contributed by atoms with Crippen molar-refractivity contribution in [2.45, 2.75) is 27.3 Å². The molecule has 1 atom stereocenters. The van der Waals surface area contributed by atoms with Crippen LogP contribution in [-0.2, 0) is 16.1 Å². The van der Waals surface area contributed by atoms with Crippen LogP contribution in [0.1, 0.15) is 25.0 Å². The van der Waals surface area contributed by atoms with Crippen molar-refractivity contribution in [3.8, 4) is 0 Å². The molecule has 0 amide bonds. The molecule has 0 aliphatic carbocycles. The minimum Gasteiger partial charge on any atom is -0.469 e. The van der Waals surface area contributed by atoms with E-state index in [-0.39, 0.29) is 35.9 Å². The van der Waals surface area contributed by atoms with Gasteiger partial charge in [-0.2, -0.15) is 0 Å². The molecule has 22 heavy (non-hydrogen) atoms. The van der Waals surface area contributed by atoms with Crippen molar-refractivity contribution in [1.82, 2.24) is 10.6 Å². The fraction of sp³-hybridized carbons (Fsp3) is 0.500. The summed E-state index contributed by atoms with van der Waals surface area (Å²) >= 11 is 0. The molecule has 6 heteroatoms. The van der Waals surface area contributed by atoms with Crippen molar-refractivity contribution in [1.29, 1.82) is 0 Å². The maximum atomic E-state index is 11.4. The first-order valence-corrected chi connectivity index (χ1v) is 7.22. The Morgan fingerprint density at radius 2 is 1.91 bits per heavy atom. The SMILES string of the molecule is CCNC(=NCc1ccc(C)cc1)NCC(C)C(=O)OC.I. The first-order valence-electron chi connectivity index (χ1n) is 7.22. The number of guanidine groups is 1. The van der Waals surface area contributed by atoms with Crippen LogP contribution < -0.4 is 10.6 Å². The number of nitrogens with one attached hydrogen (secondary N) is 2. The van der Waals surface area contributed by atoms with Crippen molar-refractivity contribution in [2.75, 3.05) is 20.2 Å². The third-order valence-corrected chi connectivity index (χ3v) is 3.06. The van der Waals surface area contributed by atoms with E-state index in [0.29, 0.717) is 19.0 Å². The van der Waals surface area contributed by atoms with Crippen LogP contribution in [0.3, 0.4) is 0 Å². The zero-order valence-corrected chi connectivity index (χ0v) is 16.0. The number of hydrogen-bond acceptors (Lipinski definition) is 3. The van der Waals surface area contributed by atoms with Gasteiger partial charge in [0.25, 0.3) is 0 Å². The zero-order chi connectivity index (χ0) is 15.7. The van der Waals surface area contributed by atoms with Gasteiger partial charge in [0.05, 0.1) is 19.6 Å². The normalized spacial score (nSPS) is 12.1. The standard InChI is InChI=1S/C16H25N3O2.HI/c1-5-17-16(18-10-13(3)15(20)21-4)19-11-14-8-6-12(2)7-9-14;/h6-9,13H,5,10-11H2,1-4H3,(H2,17,18,19);1H. The molecular formula is C16H26IN3O2. The van der Waals surface area contributed by atoms with E-state index in [1.807, 2.05) is 13.8 Å². The van der Waals surface area contributed by atoms with Gasteiger partial charge in [-0.3, -0.25) is 4.79 Å². The Kier molecular flexibility index (Phi) is 10.6. The second kappa shape index (κ2) is 11.3. The number of aliphatic imine (C=N–C) groups is 1. The fourth-order valence-corrected chi connectivity index (χ4v) is 1.74. The second-order valence-corrected chi connectivity index (χ2v) is 4.99. The molecule has 0 fully saturated rings. The zero-order valence-electron chi connectivity index (χ0n) is 13.7. The Morgan fingerprint density at radius 1 is 1.27 bits per heavy atom. The maximum Gasteiger partial charge on any atom is 0.310 e. The molecule has 2 N–H and O–H groups in total. The minimum atomic E-state index is -0.225. The molecule has 0 radical (unpaired) electrons. The minimum absolute atomic E-state index is 0. The molecule has 1 aromatic carbocycles. The molecule has 1 unspecified atom stereocenters. The molecular weight excluding hydrogens is 393 g/mol. The number of rotatable bonds is 6. The van der Waals surface area contributed by atoms with E-state index in [0.717, 1.165) is 12.1 Å². The summed E-state index contributed by atoms with van der Waals surface area (Å²) in [7, 11) is 1.40. The van der Waals surface area contributed by atoms with Crippen LogP contribution in [0.2, 0.25) is 0 Å². The third kappa shape index (κ3) is 7.63. The Hall–Kier alpha value is -1.31. The lowest BCUT2D eigenvalue weighted by Gasteiger charge is -2.14. The van der Waals surface area contributed by atoms with Gasteiger partial charge in [0.2, 0.25) is 0 Å². The number of nitrogens with zero attached hydrogens (tertiary/aromatic N) is 1. The number of methoxy groups -OCH3 is 1. The highest BCUT2D eigenvalue weighted by molar-refractivity contribution is 14.0. The van der Waals surface area contributed by atoms with Crippen molar-refractivity contribution in [3.63, 3.8) is 0 Å². The number of carbonyl (C=O) groups is 1. The molecule has 0 spiro atoms. The maximum absolute atomic E-state index is 11.4. The quantitative estimate of drug-likeness (QED) is 0.322. The molecule has 124 valence electrons. The molecule has 1 rings (SSSR count). The lowest BCUT2D eigenvalue weighted by Crippen LogP contribution is -2.40. The average molecular weight is 419 g/mol. The lowest BCUT2D eigenvalue weighted by molar-refractivity contribution is -0.144. The van der Waals surface area contributed by atoms with E-state index in [2.05, 4.69) is 46.8 Å². The Bertz CT molecular complexity index is 475. The summed E-state index contributed by atoms with van der Waals surface area (Å²) in [6, 6.07) is 8.29. The first-order chi connectivity index (χ1) is 10.1. The number of benzene rings is 1. The Balaban J connectivity index is 0.00000441. The number of aryl methyl sites for hydroxylation is 1. The fourth-order valence-electron chi connectivity index (χ4n) is 1.74. The summed E-state index contributed by atoms with van der Waals surface area (Å²) in [4.78, 5) is 15.9. The highest BCUT2D eigenvalue weighted by atomic mass is 127. The number of halogens is 1. The molecule has 0 heterocycles. The van der Waals surface area contributed by atoms with Crippen molar-refractivity contribution in [2.24, 2.45) is 10.9 Å². The summed E-state index contributed by atoms with van der Waals surface area (Å²) < 4.78 is 4.71.